The number of benzene rings is 1. The van der Waals surface area contributed by atoms with Gasteiger partial charge >= 0.3 is 0 Å². The van der Waals surface area contributed by atoms with Crippen molar-refractivity contribution in [2.24, 2.45) is 0 Å². The molecule has 6 heteroatoms. The highest BCUT2D eigenvalue weighted by Crippen LogP contribution is 2.23. The lowest BCUT2D eigenvalue weighted by molar-refractivity contribution is -0.682. The normalized spacial score (nSPS) is 9.61. The smallest absolute Gasteiger partial charge is 0.266 e. The molecule has 96 valence electrons. The lowest BCUT2D eigenvalue weighted by Gasteiger charge is -2.06. The van der Waals surface area contributed by atoms with Gasteiger partial charge in [0.25, 0.3) is 5.91 Å². The molecule has 3 N–H and O–H groups in total. The van der Waals surface area contributed by atoms with Crippen LogP contribution in [0.25, 0.3) is 0 Å². The van der Waals surface area contributed by atoms with Gasteiger partial charge in [-0.3, -0.25) is 9.78 Å². The van der Waals surface area contributed by atoms with Gasteiger partial charge in [-0.1, -0.05) is 6.07 Å². The number of anilines is 1. The van der Waals surface area contributed by atoms with Crippen molar-refractivity contribution < 1.29 is 26.9 Å². The fourth-order valence-corrected chi connectivity index (χ4v) is 1.52. The van der Waals surface area contributed by atoms with Crippen LogP contribution >= 0.6 is 0 Å². The first-order valence-electron chi connectivity index (χ1n) is 5.26. The quantitative estimate of drug-likeness (QED) is 0.443. The number of imidazole rings is 1. The van der Waals surface area contributed by atoms with Crippen LogP contribution < -0.4 is 22.3 Å². The third-order valence-electron chi connectivity index (χ3n) is 2.36. The van der Waals surface area contributed by atoms with E-state index in [1.807, 2.05) is 13.0 Å². The number of rotatable bonds is 3. The fraction of sp³-hybridized carbons (Fsp3) is 0.167. The Hall–Kier alpha value is -2.01. The molecule has 0 unspecified atom stereocenters. The van der Waals surface area contributed by atoms with Crippen molar-refractivity contribution in [1.29, 1.82) is 0 Å². The summed E-state index contributed by atoms with van der Waals surface area (Å²) in [6, 6.07) is 5.13. The highest BCUT2D eigenvalue weighted by molar-refractivity contribution is 5.91. The summed E-state index contributed by atoms with van der Waals surface area (Å²) >= 11 is 0. The second-order valence-corrected chi connectivity index (χ2v) is 3.85. The van der Waals surface area contributed by atoms with Crippen molar-refractivity contribution in [3.8, 4) is 5.75 Å². The van der Waals surface area contributed by atoms with Gasteiger partial charge in [-0.2, -0.15) is 0 Å². The van der Waals surface area contributed by atoms with Gasteiger partial charge in [0.1, 0.15) is 18.1 Å². The predicted octanol–water partition coefficient (Wildman–Crippen LogP) is -2.04. The zero-order valence-corrected chi connectivity index (χ0v) is 10.6. The van der Waals surface area contributed by atoms with Gasteiger partial charge in [0, 0.05) is 0 Å². The number of aryl methyl sites for hydroxylation is 1. The molecule has 0 aliphatic rings. The summed E-state index contributed by atoms with van der Waals surface area (Å²) < 4.78 is 1.71. The van der Waals surface area contributed by atoms with E-state index in [1.165, 1.54) is 0 Å². The average Bonchev–Trinajstić information content (AvgIpc) is 2.75. The van der Waals surface area contributed by atoms with Crippen LogP contribution in [0.1, 0.15) is 5.56 Å². The molecule has 1 heterocycles. The number of H-pyrrole nitrogens is 1. The molecule has 0 saturated carbocycles. The molecule has 0 bridgehead atoms. The van der Waals surface area contributed by atoms with Crippen LogP contribution in [0, 0.1) is 6.92 Å². The van der Waals surface area contributed by atoms with E-state index in [2.05, 4.69) is 10.3 Å². The molecule has 1 amide bonds. The van der Waals surface area contributed by atoms with Crippen molar-refractivity contribution in [3.63, 3.8) is 0 Å². The molecule has 0 fully saturated rings. The number of nitrogens with zero attached hydrogens (tertiary/aromatic N) is 1. The van der Waals surface area contributed by atoms with Crippen LogP contribution in [0.5, 0.6) is 5.75 Å². The summed E-state index contributed by atoms with van der Waals surface area (Å²) in [6.45, 7) is 2.08. The Balaban J connectivity index is 0.00000162. The van der Waals surface area contributed by atoms with Crippen molar-refractivity contribution in [2.75, 3.05) is 5.32 Å². The van der Waals surface area contributed by atoms with Crippen LogP contribution in [0.4, 0.5) is 5.69 Å². The zero-order chi connectivity index (χ0) is 12.3. The van der Waals surface area contributed by atoms with Crippen molar-refractivity contribution in [3.05, 3.63) is 42.5 Å². The highest BCUT2D eigenvalue weighted by atomic mass is 35.5. The number of aromatic nitrogens is 2. The number of carbonyl (C=O) groups excluding carboxylic acids is 1. The van der Waals surface area contributed by atoms with E-state index in [-0.39, 0.29) is 30.6 Å². The maximum absolute atomic E-state index is 11.7. The van der Waals surface area contributed by atoms with E-state index in [0.717, 1.165) is 5.56 Å². The van der Waals surface area contributed by atoms with Crippen LogP contribution in [0.3, 0.4) is 0 Å². The summed E-state index contributed by atoms with van der Waals surface area (Å²) in [6.07, 6.45) is 5.18. The Kier molecular flexibility index (Phi) is 4.74. The van der Waals surface area contributed by atoms with E-state index in [4.69, 9.17) is 0 Å². The number of aromatic amines is 1. The Morgan fingerprint density at radius 1 is 1.50 bits per heavy atom. The summed E-state index contributed by atoms with van der Waals surface area (Å²) in [5, 5.41) is 12.3. The summed E-state index contributed by atoms with van der Waals surface area (Å²) in [7, 11) is 0. The molecular weight excluding hydrogens is 254 g/mol. The monoisotopic (exact) mass is 267 g/mol. The Morgan fingerprint density at radius 2 is 2.28 bits per heavy atom. The molecule has 0 atom stereocenters. The number of hydrogen-bond acceptors (Lipinski definition) is 2. The van der Waals surface area contributed by atoms with Crippen LogP contribution in [-0.2, 0) is 11.3 Å². The number of phenols is 1. The second kappa shape index (κ2) is 6.07. The maximum Gasteiger partial charge on any atom is 0.266 e. The number of amides is 1. The van der Waals surface area contributed by atoms with Gasteiger partial charge in [0.2, 0.25) is 6.33 Å². The van der Waals surface area contributed by atoms with Gasteiger partial charge in [-0.15, -0.1) is 0 Å². The zero-order valence-electron chi connectivity index (χ0n) is 9.85. The Bertz CT molecular complexity index is 526. The number of halogens is 1. The molecule has 1 aromatic carbocycles. The third-order valence-corrected chi connectivity index (χ3v) is 2.36. The number of phenolic OH excluding ortho intramolecular Hbond substituents is 1. The second-order valence-electron chi connectivity index (χ2n) is 3.85. The molecule has 0 saturated heterocycles. The minimum Gasteiger partial charge on any atom is -1.00 e. The molecule has 0 radical (unpaired) electrons. The third kappa shape index (κ3) is 3.49. The molecule has 0 spiro atoms. The van der Waals surface area contributed by atoms with Crippen molar-refractivity contribution in [2.45, 2.75) is 13.5 Å². The van der Waals surface area contributed by atoms with Crippen LogP contribution in [0.2, 0.25) is 0 Å². The first kappa shape index (κ1) is 14.1. The maximum atomic E-state index is 11.7. The largest absolute Gasteiger partial charge is 1.00 e. The Labute approximate surface area is 111 Å². The van der Waals surface area contributed by atoms with Crippen LogP contribution in [0.15, 0.2) is 36.9 Å². The first-order valence-corrected chi connectivity index (χ1v) is 5.26. The topological polar surface area (TPSA) is 69.0 Å². The van der Waals surface area contributed by atoms with Crippen LogP contribution in [-0.4, -0.2) is 16.0 Å². The van der Waals surface area contributed by atoms with E-state index in [0.29, 0.717) is 5.69 Å². The SMILES string of the molecule is Cc1ccc(NC(=O)C[n+]2cc[nH]c2)c(O)c1.[Cl-]. The Morgan fingerprint density at radius 3 is 2.89 bits per heavy atom. The average molecular weight is 268 g/mol. The fourth-order valence-electron chi connectivity index (χ4n) is 1.52. The summed E-state index contributed by atoms with van der Waals surface area (Å²) in [5.41, 5.74) is 1.37. The molecule has 2 rings (SSSR count). The van der Waals surface area contributed by atoms with E-state index in [1.54, 1.807) is 35.4 Å². The molecular formula is C12H14ClN3O2. The molecule has 1 aromatic heterocycles. The molecule has 2 aromatic rings. The van der Waals surface area contributed by atoms with Crippen molar-refractivity contribution >= 4 is 11.6 Å². The highest BCUT2D eigenvalue weighted by Gasteiger charge is 2.09. The van der Waals surface area contributed by atoms with Gasteiger partial charge < -0.3 is 22.8 Å². The van der Waals surface area contributed by atoms with E-state index in [9.17, 15) is 9.90 Å². The lowest BCUT2D eigenvalue weighted by atomic mass is 10.2. The summed E-state index contributed by atoms with van der Waals surface area (Å²) in [5.74, 6) is -0.105. The van der Waals surface area contributed by atoms with E-state index < -0.39 is 0 Å². The first-order chi connectivity index (χ1) is 8.15. The number of nitrogens with one attached hydrogen (secondary N) is 2. The van der Waals surface area contributed by atoms with Gasteiger partial charge in [0.05, 0.1) is 5.69 Å². The minimum atomic E-state index is -0.186. The lowest BCUT2D eigenvalue weighted by Crippen LogP contribution is -3.00. The van der Waals surface area contributed by atoms with Gasteiger partial charge in [-0.05, 0) is 24.6 Å². The minimum absolute atomic E-state index is 0. The number of carbonyl (C=O) groups is 1. The standard InChI is InChI=1S/C12H13N3O2.ClH/c1-9-2-3-10(11(16)6-9)14-12(17)7-15-5-4-13-8-15;/h2-6,8H,7H2,1H3,(H2,14,16,17);1H. The van der Waals surface area contributed by atoms with E-state index >= 15 is 0 Å². The molecule has 5 nitrogen and oxygen atoms in total. The predicted molar refractivity (Wildman–Crippen MR) is 62.5 cm³/mol. The van der Waals surface area contributed by atoms with Crippen molar-refractivity contribution in [1.82, 2.24) is 4.98 Å². The van der Waals surface area contributed by atoms with Gasteiger partial charge in [0.15, 0.2) is 6.54 Å². The van der Waals surface area contributed by atoms with Gasteiger partial charge in [-0.25, -0.2) is 4.57 Å². The summed E-state index contributed by atoms with van der Waals surface area (Å²) in [4.78, 5) is 14.5. The molecule has 0 aliphatic carbocycles. The molecule has 0 aliphatic heterocycles. The molecule has 18 heavy (non-hydrogen) atoms. The number of hydrogen-bond donors (Lipinski definition) is 3. The number of aromatic hydroxyl groups is 1.